The van der Waals surface area contributed by atoms with Crippen LogP contribution in [0.2, 0.25) is 5.02 Å². The van der Waals surface area contributed by atoms with Crippen LogP contribution < -0.4 is 0 Å². The van der Waals surface area contributed by atoms with Gasteiger partial charge in [-0.1, -0.05) is 23.7 Å². The van der Waals surface area contributed by atoms with Gasteiger partial charge >= 0.3 is 0 Å². The fraction of sp³-hybridized carbons (Fsp3) is 0.294. The molecule has 1 fully saturated rings. The molecule has 21 heavy (non-hydrogen) atoms. The van der Waals surface area contributed by atoms with Gasteiger partial charge in [-0.25, -0.2) is 0 Å². The summed E-state index contributed by atoms with van der Waals surface area (Å²) in [6, 6.07) is 11.5. The van der Waals surface area contributed by atoms with Crippen LogP contribution in [0.4, 0.5) is 0 Å². The summed E-state index contributed by atoms with van der Waals surface area (Å²) >= 11 is 5.91. The van der Waals surface area contributed by atoms with E-state index in [1.165, 1.54) is 0 Å². The van der Waals surface area contributed by atoms with Gasteiger partial charge in [0.25, 0.3) is 0 Å². The summed E-state index contributed by atoms with van der Waals surface area (Å²) in [6.07, 6.45) is 3.51. The van der Waals surface area contributed by atoms with Gasteiger partial charge in [-0.2, -0.15) is 0 Å². The minimum absolute atomic E-state index is 0.207. The van der Waals surface area contributed by atoms with Gasteiger partial charge in [0.1, 0.15) is 11.5 Å². The number of carbonyl (C=O) groups excluding carboxylic acids is 1. The van der Waals surface area contributed by atoms with Crippen LogP contribution in [0.3, 0.4) is 0 Å². The zero-order valence-corrected chi connectivity index (χ0v) is 12.3. The van der Waals surface area contributed by atoms with Crippen LogP contribution in [0.25, 0.3) is 0 Å². The van der Waals surface area contributed by atoms with E-state index in [1.807, 2.05) is 36.4 Å². The van der Waals surface area contributed by atoms with Crippen molar-refractivity contribution in [3.63, 3.8) is 0 Å². The van der Waals surface area contributed by atoms with E-state index in [0.717, 1.165) is 23.5 Å². The lowest BCUT2D eigenvalue weighted by Gasteiger charge is -2.23. The van der Waals surface area contributed by atoms with E-state index in [9.17, 15) is 4.79 Å². The second-order valence-electron chi connectivity index (χ2n) is 5.33. The number of aliphatic imine (C=N–C) groups is 1. The average molecular weight is 302 g/mol. The van der Waals surface area contributed by atoms with Crippen LogP contribution in [0.1, 0.15) is 36.5 Å². The maximum Gasteiger partial charge on any atom is 0.139 e. The first-order valence-corrected chi connectivity index (χ1v) is 7.40. The molecule has 0 spiro atoms. The highest BCUT2D eigenvalue weighted by Crippen LogP contribution is 2.30. The molecule has 1 aromatic heterocycles. The van der Waals surface area contributed by atoms with Crippen molar-refractivity contribution < 1.29 is 9.21 Å². The van der Waals surface area contributed by atoms with E-state index in [1.54, 1.807) is 6.26 Å². The van der Waals surface area contributed by atoms with Crippen molar-refractivity contribution in [3.8, 4) is 0 Å². The Hall–Kier alpha value is -1.87. The highest BCUT2D eigenvalue weighted by molar-refractivity contribution is 6.30. The molecule has 0 radical (unpaired) electrons. The van der Waals surface area contributed by atoms with Gasteiger partial charge < -0.3 is 4.42 Å². The predicted molar refractivity (Wildman–Crippen MR) is 82.9 cm³/mol. The second-order valence-corrected chi connectivity index (χ2v) is 5.77. The van der Waals surface area contributed by atoms with Crippen LogP contribution in [0.15, 0.2) is 52.1 Å². The Morgan fingerprint density at radius 2 is 2.00 bits per heavy atom. The molecule has 4 heteroatoms. The number of rotatable bonds is 3. The lowest BCUT2D eigenvalue weighted by atomic mass is 9.82. The van der Waals surface area contributed by atoms with Crippen molar-refractivity contribution in [2.45, 2.75) is 31.7 Å². The van der Waals surface area contributed by atoms with Crippen LogP contribution >= 0.6 is 11.6 Å². The lowest BCUT2D eigenvalue weighted by Crippen LogP contribution is -2.21. The first-order valence-electron chi connectivity index (χ1n) is 7.02. The van der Waals surface area contributed by atoms with Gasteiger partial charge in [0, 0.05) is 23.6 Å². The molecule has 1 saturated carbocycles. The summed E-state index contributed by atoms with van der Waals surface area (Å²) in [4.78, 5) is 16.5. The van der Waals surface area contributed by atoms with Crippen molar-refractivity contribution in [3.05, 3.63) is 59.0 Å². The Bertz CT molecular complexity index is 644. The molecular weight excluding hydrogens is 286 g/mol. The number of hydrogen-bond acceptors (Lipinski definition) is 3. The molecule has 0 saturated heterocycles. The molecule has 1 aliphatic rings. The number of hydrogen-bond donors (Lipinski definition) is 0. The van der Waals surface area contributed by atoms with Crippen molar-refractivity contribution in [1.82, 2.24) is 0 Å². The predicted octanol–water partition coefficient (Wildman–Crippen LogP) is 4.41. The monoisotopic (exact) mass is 301 g/mol. The van der Waals surface area contributed by atoms with Gasteiger partial charge in [-0.15, -0.1) is 0 Å². The molecule has 1 aliphatic carbocycles. The summed E-state index contributed by atoms with van der Waals surface area (Å²) in [7, 11) is 0. The number of nitrogens with zero attached hydrogens (tertiary/aromatic N) is 1. The average Bonchev–Trinajstić information content (AvgIpc) is 2.99. The molecule has 1 heterocycles. The Kier molecular flexibility index (Phi) is 4.20. The Labute approximate surface area is 128 Å². The van der Waals surface area contributed by atoms with Gasteiger partial charge in [0.05, 0.1) is 12.8 Å². The number of halogens is 1. The molecule has 108 valence electrons. The first-order chi connectivity index (χ1) is 10.2. The van der Waals surface area contributed by atoms with Gasteiger partial charge in [0.15, 0.2) is 0 Å². The van der Waals surface area contributed by atoms with Crippen LogP contribution in [-0.2, 0) is 11.3 Å². The van der Waals surface area contributed by atoms with Crippen LogP contribution in [0.5, 0.6) is 0 Å². The van der Waals surface area contributed by atoms with E-state index < -0.39 is 0 Å². The maximum atomic E-state index is 12.0. The summed E-state index contributed by atoms with van der Waals surface area (Å²) in [5, 5.41) is 0.715. The largest absolute Gasteiger partial charge is 0.467 e. The second kappa shape index (κ2) is 6.27. The number of furan rings is 1. The third kappa shape index (κ3) is 3.61. The third-order valence-corrected chi connectivity index (χ3v) is 3.99. The molecule has 3 rings (SSSR count). The van der Waals surface area contributed by atoms with Gasteiger partial charge in [0.2, 0.25) is 0 Å². The zero-order chi connectivity index (χ0) is 14.7. The molecule has 0 unspecified atom stereocenters. The summed E-state index contributed by atoms with van der Waals surface area (Å²) in [5.74, 6) is 1.28. The van der Waals surface area contributed by atoms with Gasteiger partial charge in [-0.3, -0.25) is 9.79 Å². The number of Topliss-reactive ketones (excluding diaryl/α,β-unsaturated/α-hetero) is 1. The lowest BCUT2D eigenvalue weighted by molar-refractivity contribution is -0.118. The number of benzene rings is 1. The molecule has 0 aliphatic heterocycles. The fourth-order valence-electron chi connectivity index (χ4n) is 2.69. The Morgan fingerprint density at radius 1 is 1.19 bits per heavy atom. The van der Waals surface area contributed by atoms with E-state index >= 15 is 0 Å². The van der Waals surface area contributed by atoms with Crippen LogP contribution in [-0.4, -0.2) is 11.5 Å². The maximum absolute atomic E-state index is 12.0. The molecule has 0 bridgehead atoms. The van der Waals surface area contributed by atoms with Gasteiger partial charge in [-0.05, 0) is 42.2 Å². The molecule has 3 nitrogen and oxygen atoms in total. The molecule has 0 amide bonds. The van der Waals surface area contributed by atoms with E-state index in [4.69, 9.17) is 16.0 Å². The topological polar surface area (TPSA) is 42.6 Å². The van der Waals surface area contributed by atoms with Crippen molar-refractivity contribution in [1.29, 1.82) is 0 Å². The number of ketones is 1. The molecular formula is C17H16ClNO2. The fourth-order valence-corrected chi connectivity index (χ4v) is 2.81. The van der Waals surface area contributed by atoms with E-state index in [0.29, 0.717) is 24.4 Å². The minimum Gasteiger partial charge on any atom is -0.467 e. The molecule has 0 N–H and O–H groups in total. The Balaban J connectivity index is 1.73. The SMILES string of the molecule is O=C1CC(=NCc2ccco2)C[C@H](c2ccc(Cl)cc2)C1. The highest BCUT2D eigenvalue weighted by Gasteiger charge is 2.25. The minimum atomic E-state index is 0.207. The first kappa shape index (κ1) is 14.1. The normalized spacial score (nSPS) is 20.9. The van der Waals surface area contributed by atoms with E-state index in [2.05, 4.69) is 4.99 Å². The third-order valence-electron chi connectivity index (χ3n) is 3.74. The smallest absolute Gasteiger partial charge is 0.139 e. The highest BCUT2D eigenvalue weighted by atomic mass is 35.5. The Morgan fingerprint density at radius 3 is 2.71 bits per heavy atom. The summed E-state index contributed by atoms with van der Waals surface area (Å²) in [6.45, 7) is 0.503. The molecule has 1 atom stereocenters. The zero-order valence-electron chi connectivity index (χ0n) is 11.6. The van der Waals surface area contributed by atoms with E-state index in [-0.39, 0.29) is 11.7 Å². The van der Waals surface area contributed by atoms with Crippen molar-refractivity contribution >= 4 is 23.1 Å². The van der Waals surface area contributed by atoms with Crippen LogP contribution in [0, 0.1) is 0 Å². The standard InChI is InChI=1S/C17H16ClNO2/c18-14-5-3-12(4-6-14)13-8-15(10-16(20)9-13)19-11-17-2-1-7-21-17/h1-7,13H,8-11H2/t13-/m0/s1. The molecule has 1 aromatic carbocycles. The quantitative estimate of drug-likeness (QED) is 0.842. The number of carbonyl (C=O) groups is 1. The summed E-state index contributed by atoms with van der Waals surface area (Å²) in [5.41, 5.74) is 2.11. The molecule has 2 aromatic rings. The summed E-state index contributed by atoms with van der Waals surface area (Å²) < 4.78 is 5.27. The van der Waals surface area contributed by atoms with Crippen molar-refractivity contribution in [2.75, 3.05) is 0 Å². The van der Waals surface area contributed by atoms with Crippen molar-refractivity contribution in [2.24, 2.45) is 4.99 Å².